The van der Waals surface area contributed by atoms with E-state index < -0.39 is 0 Å². The normalized spacial score (nSPS) is 29.5. The first-order valence-electron chi connectivity index (χ1n) is 10.6. The quantitative estimate of drug-likeness (QED) is 0.656. The number of amides is 1. The summed E-state index contributed by atoms with van der Waals surface area (Å²) >= 11 is 0. The van der Waals surface area contributed by atoms with Gasteiger partial charge in [0.15, 0.2) is 0 Å². The van der Waals surface area contributed by atoms with Crippen molar-refractivity contribution in [3.63, 3.8) is 0 Å². The number of nitrogens with one attached hydrogen (secondary N) is 3. The van der Waals surface area contributed by atoms with Crippen molar-refractivity contribution in [2.45, 2.75) is 45.4 Å². The van der Waals surface area contributed by atoms with Crippen LogP contribution in [-0.2, 0) is 4.79 Å². The molecule has 2 aromatic rings. The molecule has 30 heavy (non-hydrogen) atoms. The third-order valence-corrected chi connectivity index (χ3v) is 7.10. The van der Waals surface area contributed by atoms with Crippen molar-refractivity contribution in [2.75, 3.05) is 10.6 Å². The smallest absolute Gasteiger partial charge is 0.230 e. The maximum absolute atomic E-state index is 13.4. The molecule has 4 aliphatic rings. The van der Waals surface area contributed by atoms with Gasteiger partial charge in [-0.2, -0.15) is 10.5 Å². The van der Waals surface area contributed by atoms with Gasteiger partial charge in [-0.15, -0.1) is 10.2 Å². The molecule has 4 saturated carbocycles. The highest BCUT2D eigenvalue weighted by atomic mass is 16.2. The number of H-pyrrole nitrogens is 1. The lowest BCUT2D eigenvalue weighted by Crippen LogP contribution is -2.51. The van der Waals surface area contributed by atoms with Gasteiger partial charge in [0.25, 0.3) is 0 Å². The summed E-state index contributed by atoms with van der Waals surface area (Å²) in [6.07, 6.45) is 8.62. The summed E-state index contributed by atoms with van der Waals surface area (Å²) in [5.41, 5.74) is 2.69. The van der Waals surface area contributed by atoms with Crippen LogP contribution in [0.2, 0.25) is 0 Å². The van der Waals surface area contributed by atoms with Gasteiger partial charge in [0.05, 0.1) is 5.41 Å². The number of aromatic nitrogens is 4. The number of carbonyl (C=O) groups is 1. The SMILES string of the molecule is Cc1ccc(NC=C(C#N)c2nn[nH]n2)cc1NC(=O)C12CC3CC(CC(C3)C1)C2. The fourth-order valence-electron chi connectivity index (χ4n) is 6.07. The lowest BCUT2D eigenvalue weighted by molar-refractivity contribution is -0.140. The number of allylic oxidation sites excluding steroid dienone is 1. The van der Waals surface area contributed by atoms with Gasteiger partial charge >= 0.3 is 0 Å². The number of nitrogens with zero attached hydrogens (tertiary/aromatic N) is 4. The number of carbonyl (C=O) groups excluding carboxylic acids is 1. The van der Waals surface area contributed by atoms with Gasteiger partial charge in [-0.05, 0) is 86.1 Å². The fraction of sp³-hybridized carbons (Fsp3) is 0.500. The van der Waals surface area contributed by atoms with E-state index in [0.717, 1.165) is 54.0 Å². The molecular weight excluding hydrogens is 378 g/mol. The number of nitriles is 1. The average Bonchev–Trinajstić information content (AvgIpc) is 3.24. The monoisotopic (exact) mass is 403 g/mol. The van der Waals surface area contributed by atoms with E-state index in [-0.39, 0.29) is 22.7 Å². The summed E-state index contributed by atoms with van der Waals surface area (Å²) in [5.74, 6) is 2.61. The molecule has 8 heteroatoms. The zero-order valence-corrected chi connectivity index (χ0v) is 17.0. The topological polar surface area (TPSA) is 119 Å². The number of rotatable bonds is 5. The summed E-state index contributed by atoms with van der Waals surface area (Å²) < 4.78 is 0. The fourth-order valence-corrected chi connectivity index (χ4v) is 6.07. The molecule has 0 radical (unpaired) electrons. The first-order valence-corrected chi connectivity index (χ1v) is 10.6. The van der Waals surface area contributed by atoms with E-state index in [1.165, 1.54) is 19.3 Å². The van der Waals surface area contributed by atoms with Crippen LogP contribution in [0.4, 0.5) is 11.4 Å². The molecule has 8 nitrogen and oxygen atoms in total. The molecule has 4 aliphatic carbocycles. The molecule has 3 N–H and O–H groups in total. The van der Waals surface area contributed by atoms with Crippen LogP contribution in [0.25, 0.3) is 5.57 Å². The average molecular weight is 403 g/mol. The standard InChI is InChI=1S/C22H25N7O/c1-13-2-3-18(24-12-17(11-23)20-26-28-29-27-20)7-19(13)25-21(30)22-8-14-4-15(9-22)6-16(5-14)10-22/h2-3,7,12,14-16,24H,4-6,8-10H2,1H3,(H,25,30)(H,26,27,28,29). The highest BCUT2D eigenvalue weighted by Gasteiger charge is 2.54. The largest absolute Gasteiger partial charge is 0.360 e. The molecule has 0 aliphatic heterocycles. The minimum absolute atomic E-state index is 0.182. The molecule has 1 amide bonds. The maximum atomic E-state index is 13.4. The van der Waals surface area contributed by atoms with Crippen LogP contribution in [0, 0.1) is 41.4 Å². The Morgan fingerprint density at radius 3 is 2.53 bits per heavy atom. The third-order valence-electron chi connectivity index (χ3n) is 7.10. The molecular formula is C22H25N7O. The summed E-state index contributed by atoms with van der Waals surface area (Å²) in [4.78, 5) is 13.4. The zero-order valence-electron chi connectivity index (χ0n) is 17.0. The van der Waals surface area contributed by atoms with Crippen LogP contribution >= 0.6 is 0 Å². The highest BCUT2D eigenvalue weighted by Crippen LogP contribution is 2.60. The van der Waals surface area contributed by atoms with E-state index in [4.69, 9.17) is 0 Å². The van der Waals surface area contributed by atoms with Crippen molar-refractivity contribution in [3.05, 3.63) is 35.8 Å². The van der Waals surface area contributed by atoms with E-state index in [1.54, 1.807) is 6.20 Å². The molecule has 4 fully saturated rings. The summed E-state index contributed by atoms with van der Waals surface area (Å²) in [5, 5.41) is 29.1. The van der Waals surface area contributed by atoms with Crippen molar-refractivity contribution in [1.82, 2.24) is 20.6 Å². The number of benzene rings is 1. The molecule has 6 rings (SSSR count). The summed E-state index contributed by atoms with van der Waals surface area (Å²) in [7, 11) is 0. The Balaban J connectivity index is 1.33. The van der Waals surface area contributed by atoms with Crippen molar-refractivity contribution in [3.8, 4) is 6.07 Å². The molecule has 154 valence electrons. The van der Waals surface area contributed by atoms with E-state index in [0.29, 0.717) is 0 Å². The first kappa shape index (κ1) is 18.8. The van der Waals surface area contributed by atoms with E-state index in [2.05, 4.69) is 37.3 Å². The minimum atomic E-state index is -0.183. The van der Waals surface area contributed by atoms with E-state index >= 15 is 0 Å². The molecule has 1 aromatic heterocycles. The Hall–Kier alpha value is -3.21. The molecule has 4 bridgehead atoms. The van der Waals surface area contributed by atoms with Gasteiger partial charge in [-0.25, -0.2) is 0 Å². The molecule has 1 heterocycles. The Labute approximate surface area is 175 Å². The molecule has 0 saturated heterocycles. The van der Waals surface area contributed by atoms with E-state index in [1.807, 2.05) is 25.1 Å². The van der Waals surface area contributed by atoms with Gasteiger partial charge in [-0.1, -0.05) is 6.07 Å². The molecule has 0 unspecified atom stereocenters. The number of hydrogen-bond donors (Lipinski definition) is 3. The predicted octanol–water partition coefficient (Wildman–Crippen LogP) is 3.64. The van der Waals surface area contributed by atoms with Gasteiger partial charge in [0.2, 0.25) is 11.7 Å². The van der Waals surface area contributed by atoms with Gasteiger partial charge in [-0.3, -0.25) is 4.79 Å². The molecule has 0 spiro atoms. The van der Waals surface area contributed by atoms with Crippen LogP contribution in [0.5, 0.6) is 0 Å². The second-order valence-corrected chi connectivity index (χ2v) is 9.23. The van der Waals surface area contributed by atoms with Crippen molar-refractivity contribution in [1.29, 1.82) is 5.26 Å². The van der Waals surface area contributed by atoms with Crippen molar-refractivity contribution in [2.24, 2.45) is 23.2 Å². The predicted molar refractivity (Wildman–Crippen MR) is 112 cm³/mol. The van der Waals surface area contributed by atoms with Crippen LogP contribution in [-0.4, -0.2) is 26.5 Å². The van der Waals surface area contributed by atoms with Crippen LogP contribution in [0.3, 0.4) is 0 Å². The Bertz CT molecular complexity index is 999. The number of aryl methyl sites for hydroxylation is 1. The number of tetrazole rings is 1. The zero-order chi connectivity index (χ0) is 20.7. The number of hydrogen-bond acceptors (Lipinski definition) is 6. The Morgan fingerprint density at radius 1 is 1.23 bits per heavy atom. The third kappa shape index (κ3) is 3.34. The maximum Gasteiger partial charge on any atom is 0.230 e. The minimum Gasteiger partial charge on any atom is -0.360 e. The van der Waals surface area contributed by atoms with E-state index in [9.17, 15) is 10.1 Å². The second kappa shape index (κ2) is 7.24. The molecule has 0 atom stereocenters. The number of anilines is 2. The second-order valence-electron chi connectivity index (χ2n) is 9.23. The number of aromatic amines is 1. The summed E-state index contributed by atoms with van der Waals surface area (Å²) in [6, 6.07) is 7.84. The highest BCUT2D eigenvalue weighted by molar-refractivity contribution is 5.96. The van der Waals surface area contributed by atoms with Gasteiger partial charge < -0.3 is 10.6 Å². The summed E-state index contributed by atoms with van der Waals surface area (Å²) in [6.45, 7) is 1.99. The van der Waals surface area contributed by atoms with Crippen molar-refractivity contribution < 1.29 is 4.79 Å². The lowest BCUT2D eigenvalue weighted by atomic mass is 9.49. The van der Waals surface area contributed by atoms with Gasteiger partial charge in [0.1, 0.15) is 11.6 Å². The van der Waals surface area contributed by atoms with Crippen LogP contribution < -0.4 is 10.6 Å². The van der Waals surface area contributed by atoms with Gasteiger partial charge in [0, 0.05) is 17.6 Å². The lowest BCUT2D eigenvalue weighted by Gasteiger charge is -2.55. The molecule has 1 aromatic carbocycles. The Kier molecular flexibility index (Phi) is 4.54. The van der Waals surface area contributed by atoms with Crippen LogP contribution in [0.1, 0.15) is 49.9 Å². The van der Waals surface area contributed by atoms with Crippen LogP contribution in [0.15, 0.2) is 24.4 Å². The van der Waals surface area contributed by atoms with Crippen molar-refractivity contribution >= 4 is 22.9 Å². The Morgan fingerprint density at radius 2 is 1.93 bits per heavy atom. The first-order chi connectivity index (χ1) is 14.5.